The minimum atomic E-state index is -4.26. The smallest absolute Gasteiger partial charge is 0.748 e. The van der Waals surface area contributed by atoms with Crippen molar-refractivity contribution in [3.05, 3.63) is 0 Å². The van der Waals surface area contributed by atoms with Crippen LogP contribution in [0.4, 0.5) is 0 Å². The number of rotatable bonds is 7. The zero-order valence-electron chi connectivity index (χ0n) is 8.23. The molecule has 0 aliphatic carbocycles. The van der Waals surface area contributed by atoms with E-state index in [9.17, 15) is 17.8 Å². The first kappa shape index (κ1) is 17.1. The molecule has 0 fully saturated rings. The number of hydrogen-bond donors (Lipinski definition) is 1. The summed E-state index contributed by atoms with van der Waals surface area (Å²) in [6, 6.07) is -0.563. The molecule has 5 nitrogen and oxygen atoms in total. The molecule has 8 heteroatoms. The third-order valence-corrected chi connectivity index (χ3v) is 2.83. The van der Waals surface area contributed by atoms with E-state index in [-0.39, 0.29) is 29.6 Å². The Morgan fingerprint density at radius 3 is 2.50 bits per heavy atom. The summed E-state index contributed by atoms with van der Waals surface area (Å²) in [5, 5.41) is 2.30. The van der Waals surface area contributed by atoms with Gasteiger partial charge in [0.05, 0.1) is 15.9 Å². The van der Waals surface area contributed by atoms with Gasteiger partial charge in [0.15, 0.2) is 0 Å². The van der Waals surface area contributed by atoms with Gasteiger partial charge < -0.3 is 9.87 Å². The SMILES string of the molecule is CSCC[C@@H](CS(=O)(=O)[O-])NC=O.[Na+]. The van der Waals surface area contributed by atoms with Crippen molar-refractivity contribution < 1.29 is 47.3 Å². The Morgan fingerprint density at radius 1 is 1.57 bits per heavy atom. The van der Waals surface area contributed by atoms with Crippen molar-refractivity contribution in [2.45, 2.75) is 12.5 Å². The molecule has 0 aromatic carbocycles. The molecule has 0 heterocycles. The van der Waals surface area contributed by atoms with Crippen LogP contribution in [-0.4, -0.2) is 43.2 Å². The molecule has 0 aromatic rings. The predicted molar refractivity (Wildman–Crippen MR) is 50.6 cm³/mol. The average molecular weight is 249 g/mol. The van der Waals surface area contributed by atoms with E-state index in [0.717, 1.165) is 0 Å². The Hall–Kier alpha value is 0.730. The van der Waals surface area contributed by atoms with Crippen molar-refractivity contribution >= 4 is 28.3 Å². The first-order valence-electron chi connectivity index (χ1n) is 3.62. The first-order chi connectivity index (χ1) is 5.99. The van der Waals surface area contributed by atoms with Gasteiger partial charge in [-0.2, -0.15) is 11.8 Å². The van der Waals surface area contributed by atoms with Crippen LogP contribution in [0.25, 0.3) is 0 Å². The van der Waals surface area contributed by atoms with Crippen LogP contribution < -0.4 is 34.9 Å². The topological polar surface area (TPSA) is 86.3 Å². The quantitative estimate of drug-likeness (QED) is 0.286. The van der Waals surface area contributed by atoms with E-state index in [1.54, 1.807) is 0 Å². The number of carbonyl (C=O) groups excluding carboxylic acids is 1. The van der Waals surface area contributed by atoms with Crippen LogP contribution in [0.1, 0.15) is 6.42 Å². The van der Waals surface area contributed by atoms with Crippen LogP contribution in [0.5, 0.6) is 0 Å². The zero-order valence-corrected chi connectivity index (χ0v) is 11.9. The van der Waals surface area contributed by atoms with Gasteiger partial charge in [-0.15, -0.1) is 0 Å². The number of nitrogens with one attached hydrogen (secondary N) is 1. The first-order valence-corrected chi connectivity index (χ1v) is 6.59. The zero-order chi connectivity index (χ0) is 10.3. The van der Waals surface area contributed by atoms with Gasteiger partial charge in [-0.1, -0.05) is 0 Å². The standard InChI is InChI=1S/C6H13NO4S2.Na/c1-12-3-2-6(7-5-8)4-13(9,10)11;/h5-6H,2-4H2,1H3,(H,7,8)(H,9,10,11);/q;+1/p-1/t6-;/m0./s1. The van der Waals surface area contributed by atoms with Crippen LogP contribution in [0.2, 0.25) is 0 Å². The molecular weight excluding hydrogens is 237 g/mol. The number of amides is 1. The minimum absolute atomic E-state index is 0. The number of hydrogen-bond acceptors (Lipinski definition) is 5. The molecule has 0 aromatic heterocycles. The van der Waals surface area contributed by atoms with Gasteiger partial charge in [-0.05, 0) is 18.4 Å². The van der Waals surface area contributed by atoms with Crippen LogP contribution in [0, 0.1) is 0 Å². The summed E-state index contributed by atoms with van der Waals surface area (Å²) in [7, 11) is -4.26. The molecule has 0 aliphatic rings. The summed E-state index contributed by atoms with van der Waals surface area (Å²) in [6.07, 6.45) is 2.77. The second-order valence-electron chi connectivity index (χ2n) is 2.49. The predicted octanol–water partition coefficient (Wildman–Crippen LogP) is -3.60. The Bertz CT molecular complexity index is 244. The Labute approximate surface area is 110 Å². The summed E-state index contributed by atoms with van der Waals surface area (Å²) in [4.78, 5) is 10.0. The molecule has 1 atom stereocenters. The Balaban J connectivity index is 0. The normalized spacial score (nSPS) is 12.7. The molecule has 0 saturated heterocycles. The van der Waals surface area contributed by atoms with E-state index >= 15 is 0 Å². The minimum Gasteiger partial charge on any atom is -0.748 e. The fourth-order valence-corrected chi connectivity index (χ4v) is 2.09. The number of carbonyl (C=O) groups is 1. The van der Waals surface area contributed by atoms with E-state index < -0.39 is 21.9 Å². The Kier molecular flexibility index (Phi) is 11.0. The van der Waals surface area contributed by atoms with Gasteiger partial charge in [0.1, 0.15) is 0 Å². The molecule has 0 spiro atoms. The Morgan fingerprint density at radius 2 is 2.14 bits per heavy atom. The molecule has 0 bridgehead atoms. The molecule has 0 unspecified atom stereocenters. The van der Waals surface area contributed by atoms with Crippen molar-refractivity contribution in [3.8, 4) is 0 Å². The summed E-state index contributed by atoms with van der Waals surface area (Å²) in [5.74, 6) is 0.174. The second kappa shape index (κ2) is 8.99. The molecule has 0 saturated carbocycles. The average Bonchev–Trinajstić information content (AvgIpc) is 1.98. The maximum atomic E-state index is 10.4. The summed E-state index contributed by atoms with van der Waals surface area (Å²) < 4.78 is 31.1. The van der Waals surface area contributed by atoms with Gasteiger partial charge in [-0.3, -0.25) is 4.79 Å². The largest absolute Gasteiger partial charge is 1.00 e. The third-order valence-electron chi connectivity index (χ3n) is 1.38. The van der Waals surface area contributed by atoms with E-state index in [1.165, 1.54) is 11.8 Å². The molecular formula is C6H12NNaO4S2. The molecule has 1 N–H and O–H groups in total. The molecule has 0 rings (SSSR count). The molecule has 0 aliphatic heterocycles. The van der Waals surface area contributed by atoms with E-state index in [2.05, 4.69) is 5.32 Å². The second-order valence-corrected chi connectivity index (χ2v) is 4.92. The van der Waals surface area contributed by atoms with Crippen LogP contribution >= 0.6 is 11.8 Å². The van der Waals surface area contributed by atoms with Gasteiger partial charge in [0.25, 0.3) is 0 Å². The molecule has 1 amide bonds. The maximum Gasteiger partial charge on any atom is 1.00 e. The summed E-state index contributed by atoms with van der Waals surface area (Å²) in [5.41, 5.74) is 0. The van der Waals surface area contributed by atoms with Crippen molar-refractivity contribution in [2.24, 2.45) is 0 Å². The monoisotopic (exact) mass is 249 g/mol. The van der Waals surface area contributed by atoms with E-state index in [1.807, 2.05) is 6.26 Å². The number of thioether (sulfide) groups is 1. The molecule has 0 radical (unpaired) electrons. The molecule has 14 heavy (non-hydrogen) atoms. The third kappa shape index (κ3) is 10.8. The molecule has 78 valence electrons. The van der Waals surface area contributed by atoms with Crippen LogP contribution in [0.15, 0.2) is 0 Å². The van der Waals surface area contributed by atoms with Gasteiger partial charge >= 0.3 is 29.6 Å². The van der Waals surface area contributed by atoms with Gasteiger partial charge in [0.2, 0.25) is 6.41 Å². The van der Waals surface area contributed by atoms with Gasteiger partial charge in [-0.25, -0.2) is 8.42 Å². The van der Waals surface area contributed by atoms with Crippen molar-refractivity contribution in [1.29, 1.82) is 0 Å². The van der Waals surface area contributed by atoms with E-state index in [4.69, 9.17) is 0 Å². The van der Waals surface area contributed by atoms with Crippen molar-refractivity contribution in [2.75, 3.05) is 17.8 Å². The fourth-order valence-electron chi connectivity index (χ4n) is 0.818. The maximum absolute atomic E-state index is 10.4. The van der Waals surface area contributed by atoms with Crippen LogP contribution in [-0.2, 0) is 14.9 Å². The fraction of sp³-hybridized carbons (Fsp3) is 0.833. The van der Waals surface area contributed by atoms with Crippen molar-refractivity contribution in [3.63, 3.8) is 0 Å². The van der Waals surface area contributed by atoms with Gasteiger partial charge in [0, 0.05) is 6.04 Å². The van der Waals surface area contributed by atoms with E-state index in [0.29, 0.717) is 18.6 Å². The van der Waals surface area contributed by atoms with Crippen molar-refractivity contribution in [1.82, 2.24) is 5.32 Å². The summed E-state index contributed by atoms with van der Waals surface area (Å²) >= 11 is 1.53. The summed E-state index contributed by atoms with van der Waals surface area (Å²) in [6.45, 7) is 0. The van der Waals surface area contributed by atoms with Crippen LogP contribution in [0.3, 0.4) is 0 Å².